The van der Waals surface area contributed by atoms with E-state index in [1.807, 2.05) is 24.3 Å². The summed E-state index contributed by atoms with van der Waals surface area (Å²) < 4.78 is 32.4. The fourth-order valence-electron chi connectivity index (χ4n) is 4.83. The third kappa shape index (κ3) is 3.93. The van der Waals surface area contributed by atoms with Gasteiger partial charge in [0.15, 0.2) is 11.5 Å². The van der Waals surface area contributed by atoms with Gasteiger partial charge in [-0.3, -0.25) is 20.0 Å². The van der Waals surface area contributed by atoms with Crippen molar-refractivity contribution in [2.45, 2.75) is 18.9 Å². The zero-order valence-corrected chi connectivity index (χ0v) is 19.4. The van der Waals surface area contributed by atoms with Gasteiger partial charge in [0.1, 0.15) is 16.9 Å². The van der Waals surface area contributed by atoms with E-state index < -0.39 is 5.92 Å². The molecule has 0 aliphatic carbocycles. The zero-order chi connectivity index (χ0) is 25.0. The second-order valence-corrected chi connectivity index (χ2v) is 9.24. The number of aromatic amines is 2. The van der Waals surface area contributed by atoms with E-state index in [1.165, 1.54) is 0 Å². The largest absolute Gasteiger partial charge is 0.472 e. The fraction of sp³-hybridized carbons (Fsp3) is 0.192. The lowest BCUT2D eigenvalue weighted by molar-refractivity contribution is 0.0115. The number of aromatic nitrogens is 7. The van der Waals surface area contributed by atoms with Crippen molar-refractivity contribution in [3.63, 3.8) is 0 Å². The number of alkyl halides is 2. The number of likely N-dealkylation sites (tertiary alicyclic amines) is 1. The average molecular weight is 498 g/mol. The van der Waals surface area contributed by atoms with Crippen LogP contribution in [0.2, 0.25) is 0 Å². The van der Waals surface area contributed by atoms with E-state index >= 15 is 0 Å². The minimum absolute atomic E-state index is 0.106. The van der Waals surface area contributed by atoms with E-state index in [0.29, 0.717) is 41.5 Å². The summed E-state index contributed by atoms with van der Waals surface area (Å²) in [6, 6.07) is 7.65. The van der Waals surface area contributed by atoms with E-state index in [2.05, 4.69) is 30.1 Å². The van der Waals surface area contributed by atoms with Crippen molar-refractivity contribution in [2.75, 3.05) is 13.1 Å². The third-order valence-electron chi connectivity index (χ3n) is 6.62. The second kappa shape index (κ2) is 8.27. The molecule has 0 bridgehead atoms. The first-order chi connectivity index (χ1) is 18.0. The third-order valence-corrected chi connectivity index (χ3v) is 6.62. The Morgan fingerprint density at radius 2 is 1.95 bits per heavy atom. The number of fused-ring (bicyclic) bond motifs is 2. The topological polar surface area (TPSA) is 112 Å². The number of hydrogen-bond donors (Lipinski definition) is 2. The second-order valence-electron chi connectivity index (χ2n) is 9.24. The van der Waals surface area contributed by atoms with Gasteiger partial charge in [-0.15, -0.1) is 0 Å². The Morgan fingerprint density at radius 1 is 1.03 bits per heavy atom. The monoisotopic (exact) mass is 498 g/mol. The van der Waals surface area contributed by atoms with Crippen LogP contribution in [-0.4, -0.2) is 59.0 Å². The minimum atomic E-state index is -2.62. The molecule has 7 rings (SSSR count). The van der Waals surface area contributed by atoms with Crippen molar-refractivity contribution in [1.82, 2.24) is 40.0 Å². The molecular weight excluding hydrogens is 478 g/mol. The van der Waals surface area contributed by atoms with Crippen LogP contribution in [0.3, 0.4) is 0 Å². The van der Waals surface area contributed by atoms with Crippen molar-refractivity contribution in [3.8, 4) is 33.9 Å². The highest BCUT2D eigenvalue weighted by molar-refractivity contribution is 5.96. The number of imidazole rings is 1. The molecule has 0 saturated carbocycles. The molecule has 9 nitrogen and oxygen atoms in total. The lowest BCUT2D eigenvalue weighted by Crippen LogP contribution is -2.24. The zero-order valence-electron chi connectivity index (χ0n) is 19.4. The summed E-state index contributed by atoms with van der Waals surface area (Å²) in [6.07, 6.45) is 10.1. The van der Waals surface area contributed by atoms with Crippen molar-refractivity contribution in [1.29, 1.82) is 0 Å². The number of pyridine rings is 3. The van der Waals surface area contributed by atoms with Gasteiger partial charge in [-0.25, -0.2) is 18.7 Å². The predicted octanol–water partition coefficient (Wildman–Crippen LogP) is 5.06. The van der Waals surface area contributed by atoms with Crippen LogP contribution in [0.5, 0.6) is 0 Å². The van der Waals surface area contributed by atoms with Gasteiger partial charge in [0.2, 0.25) is 0 Å². The van der Waals surface area contributed by atoms with E-state index in [9.17, 15) is 8.78 Å². The summed E-state index contributed by atoms with van der Waals surface area (Å²) in [5, 5.41) is 8.24. The van der Waals surface area contributed by atoms with Crippen molar-refractivity contribution in [3.05, 3.63) is 67.1 Å². The van der Waals surface area contributed by atoms with E-state index in [1.54, 1.807) is 42.2 Å². The first-order valence-corrected chi connectivity index (χ1v) is 11.8. The molecule has 6 aromatic rings. The maximum atomic E-state index is 13.6. The molecule has 6 aromatic heterocycles. The Balaban J connectivity index is 1.24. The van der Waals surface area contributed by atoms with Crippen LogP contribution >= 0.6 is 0 Å². The van der Waals surface area contributed by atoms with Crippen LogP contribution in [0.1, 0.15) is 12.0 Å². The van der Waals surface area contributed by atoms with Gasteiger partial charge in [-0.1, -0.05) is 0 Å². The van der Waals surface area contributed by atoms with Gasteiger partial charge in [0.05, 0.1) is 30.0 Å². The Morgan fingerprint density at radius 3 is 2.78 bits per heavy atom. The molecule has 184 valence electrons. The minimum Gasteiger partial charge on any atom is -0.472 e. The van der Waals surface area contributed by atoms with E-state index in [0.717, 1.165) is 33.2 Å². The van der Waals surface area contributed by atoms with Gasteiger partial charge in [-0.2, -0.15) is 5.10 Å². The van der Waals surface area contributed by atoms with Crippen LogP contribution in [0, 0.1) is 0 Å². The number of rotatable bonds is 5. The van der Waals surface area contributed by atoms with Crippen molar-refractivity contribution in [2.24, 2.45) is 0 Å². The summed E-state index contributed by atoms with van der Waals surface area (Å²) in [6.45, 7) is 0.575. The normalized spacial score (nSPS) is 15.7. The van der Waals surface area contributed by atoms with Crippen molar-refractivity contribution < 1.29 is 13.2 Å². The fourth-order valence-corrected chi connectivity index (χ4v) is 4.83. The summed E-state index contributed by atoms with van der Waals surface area (Å²) in [5.74, 6) is -2.04. The highest BCUT2D eigenvalue weighted by atomic mass is 19.3. The van der Waals surface area contributed by atoms with E-state index in [4.69, 9.17) is 9.40 Å². The first kappa shape index (κ1) is 21.7. The summed E-state index contributed by atoms with van der Waals surface area (Å²) in [4.78, 5) is 23.3. The van der Waals surface area contributed by atoms with Crippen LogP contribution in [0.25, 0.3) is 56.0 Å². The molecule has 37 heavy (non-hydrogen) atoms. The lowest BCUT2D eigenvalue weighted by Gasteiger charge is -2.15. The Hall–Kier alpha value is -4.51. The van der Waals surface area contributed by atoms with Gasteiger partial charge in [0, 0.05) is 61.0 Å². The number of halogens is 2. The van der Waals surface area contributed by atoms with Crippen LogP contribution in [0.15, 0.2) is 66.0 Å². The average Bonchev–Trinajstić information content (AvgIpc) is 3.69. The van der Waals surface area contributed by atoms with Crippen LogP contribution in [0.4, 0.5) is 8.78 Å². The molecule has 0 spiro atoms. The highest BCUT2D eigenvalue weighted by Gasteiger charge is 2.37. The molecule has 1 aliphatic heterocycles. The van der Waals surface area contributed by atoms with Gasteiger partial charge < -0.3 is 9.40 Å². The van der Waals surface area contributed by atoms with Gasteiger partial charge in [0.25, 0.3) is 5.92 Å². The Bertz CT molecular complexity index is 1740. The molecule has 0 unspecified atom stereocenters. The SMILES string of the molecule is FC1(F)CCN(Cc2cncc(-c3cnc4[nH]nc(-c5nc6c(-c7ccoc7)nccc6[nH]5)c4c3)c2)C1. The van der Waals surface area contributed by atoms with Crippen LogP contribution < -0.4 is 0 Å². The quantitative estimate of drug-likeness (QED) is 0.342. The predicted molar refractivity (Wildman–Crippen MR) is 133 cm³/mol. The summed E-state index contributed by atoms with van der Waals surface area (Å²) in [7, 11) is 0. The first-order valence-electron chi connectivity index (χ1n) is 11.8. The Labute approximate surface area is 208 Å². The molecule has 1 fully saturated rings. The molecule has 0 atom stereocenters. The number of hydrogen-bond acceptors (Lipinski definition) is 7. The number of nitrogens with one attached hydrogen (secondary N) is 2. The number of H-pyrrole nitrogens is 2. The van der Waals surface area contributed by atoms with Gasteiger partial charge >= 0.3 is 0 Å². The molecule has 0 aromatic carbocycles. The number of nitrogens with zero attached hydrogens (tertiary/aromatic N) is 6. The molecule has 0 radical (unpaired) electrons. The van der Waals surface area contributed by atoms with E-state index in [-0.39, 0.29) is 13.0 Å². The van der Waals surface area contributed by atoms with Gasteiger partial charge in [-0.05, 0) is 29.8 Å². The lowest BCUT2D eigenvalue weighted by atomic mass is 10.1. The summed E-state index contributed by atoms with van der Waals surface area (Å²) >= 11 is 0. The molecule has 1 aliphatic rings. The standard InChI is InChI=1S/C26H20F2N8O/c27-26(28)3-5-36(14-26)12-15-7-17(10-29-9-15)18-8-19-22(34-35-24(19)31-11-18)25-32-20-1-4-30-21(23(20)33-25)16-2-6-37-13-16/h1-2,4,6-11,13H,3,5,12,14H2,(H,32,33)(H,31,34,35). The molecule has 2 N–H and O–H groups in total. The number of furan rings is 1. The molecule has 7 heterocycles. The maximum Gasteiger partial charge on any atom is 0.261 e. The van der Waals surface area contributed by atoms with Crippen molar-refractivity contribution >= 4 is 22.1 Å². The Kier molecular flexibility index (Phi) is 4.86. The molecule has 1 saturated heterocycles. The molecular formula is C26H20F2N8O. The molecule has 0 amide bonds. The highest BCUT2D eigenvalue weighted by Crippen LogP contribution is 2.32. The maximum absolute atomic E-state index is 13.6. The summed E-state index contributed by atoms with van der Waals surface area (Å²) in [5.41, 5.74) is 6.90. The molecule has 11 heteroatoms. The van der Waals surface area contributed by atoms with Crippen LogP contribution in [-0.2, 0) is 6.54 Å². The smallest absolute Gasteiger partial charge is 0.261 e.